The Morgan fingerprint density at radius 3 is 2.73 bits per heavy atom. The summed E-state index contributed by atoms with van der Waals surface area (Å²) in [7, 11) is 1.58. The first-order chi connectivity index (χ1) is 23.3. The topological polar surface area (TPSA) is 171 Å². The van der Waals surface area contributed by atoms with E-state index < -0.39 is 0 Å². The largest absolute Gasteiger partial charge is 0.494 e. The SMILES string of the molecule is C=CC(=O)Nc1cc(Nc2nccc(-c3[nH]c(CCCO)nc3-c3ccc4ccoc4c3)n2)c(OC)cc1N1CCC(NC(C)=O)CC1. The van der Waals surface area contributed by atoms with Gasteiger partial charge in [0, 0.05) is 62.3 Å². The van der Waals surface area contributed by atoms with Gasteiger partial charge in [0.25, 0.3) is 0 Å². The Bertz CT molecular complexity index is 1940. The van der Waals surface area contributed by atoms with Crippen LogP contribution in [0.1, 0.15) is 32.0 Å². The molecule has 48 heavy (non-hydrogen) atoms. The molecule has 1 fully saturated rings. The van der Waals surface area contributed by atoms with Crippen molar-refractivity contribution in [2.45, 2.75) is 38.6 Å². The Labute approximate surface area is 277 Å². The third-order valence-corrected chi connectivity index (χ3v) is 8.22. The Balaban J connectivity index is 1.33. The molecule has 4 heterocycles. The quantitative estimate of drug-likeness (QED) is 0.113. The van der Waals surface area contributed by atoms with E-state index in [-0.39, 0.29) is 24.5 Å². The van der Waals surface area contributed by atoms with Gasteiger partial charge in [0.1, 0.15) is 17.2 Å². The van der Waals surface area contributed by atoms with E-state index >= 15 is 0 Å². The van der Waals surface area contributed by atoms with Crippen molar-refractivity contribution in [2.24, 2.45) is 0 Å². The lowest BCUT2D eigenvalue weighted by molar-refractivity contribution is -0.119. The summed E-state index contributed by atoms with van der Waals surface area (Å²) in [5.41, 5.74) is 5.49. The van der Waals surface area contributed by atoms with Gasteiger partial charge in [-0.2, -0.15) is 0 Å². The molecule has 2 amide bonds. The minimum Gasteiger partial charge on any atom is -0.494 e. The van der Waals surface area contributed by atoms with Crippen molar-refractivity contribution in [1.82, 2.24) is 25.3 Å². The molecule has 5 N–H and O–H groups in total. The van der Waals surface area contributed by atoms with Crippen molar-refractivity contribution < 1.29 is 23.8 Å². The predicted octanol–water partition coefficient (Wildman–Crippen LogP) is 5.19. The van der Waals surface area contributed by atoms with E-state index in [9.17, 15) is 14.7 Å². The number of methoxy groups -OCH3 is 1. The molecule has 0 radical (unpaired) electrons. The monoisotopic (exact) mass is 650 g/mol. The summed E-state index contributed by atoms with van der Waals surface area (Å²) in [5.74, 6) is 1.16. The van der Waals surface area contributed by atoms with E-state index in [0.29, 0.717) is 66.1 Å². The van der Waals surface area contributed by atoms with Crippen molar-refractivity contribution in [2.75, 3.05) is 42.3 Å². The van der Waals surface area contributed by atoms with Gasteiger partial charge in [-0.25, -0.2) is 15.0 Å². The predicted molar refractivity (Wildman–Crippen MR) is 184 cm³/mol. The lowest BCUT2D eigenvalue weighted by Crippen LogP contribution is -2.44. The van der Waals surface area contributed by atoms with Gasteiger partial charge in [-0.1, -0.05) is 18.7 Å². The van der Waals surface area contributed by atoms with Crippen LogP contribution < -0.4 is 25.6 Å². The van der Waals surface area contributed by atoms with Gasteiger partial charge in [-0.15, -0.1) is 0 Å². The number of furan rings is 1. The molecule has 0 aliphatic carbocycles. The van der Waals surface area contributed by atoms with Crippen LogP contribution in [0.2, 0.25) is 0 Å². The fourth-order valence-electron chi connectivity index (χ4n) is 5.90. The number of H-pyrrole nitrogens is 1. The highest BCUT2D eigenvalue weighted by Crippen LogP contribution is 2.40. The number of nitrogens with zero attached hydrogens (tertiary/aromatic N) is 4. The van der Waals surface area contributed by atoms with Gasteiger partial charge < -0.3 is 40.1 Å². The molecule has 1 aliphatic rings. The minimum absolute atomic E-state index is 0.0444. The van der Waals surface area contributed by atoms with Gasteiger partial charge in [-0.3, -0.25) is 9.59 Å². The van der Waals surface area contributed by atoms with Crippen LogP contribution in [0.25, 0.3) is 33.6 Å². The number of carbonyl (C=O) groups is 2. The number of carbonyl (C=O) groups excluding carboxylic acids is 2. The molecule has 0 saturated carbocycles. The fourth-order valence-corrected chi connectivity index (χ4v) is 5.90. The van der Waals surface area contributed by atoms with E-state index in [1.165, 1.54) is 13.0 Å². The molecular formula is C35H38N8O5. The molecule has 2 aromatic carbocycles. The molecule has 0 unspecified atom stereocenters. The number of aromatic amines is 1. The van der Waals surface area contributed by atoms with E-state index in [4.69, 9.17) is 19.1 Å². The second kappa shape index (κ2) is 14.4. The van der Waals surface area contributed by atoms with Crippen LogP contribution in [-0.2, 0) is 16.0 Å². The first-order valence-electron chi connectivity index (χ1n) is 15.8. The molecule has 248 valence electrons. The van der Waals surface area contributed by atoms with Crippen LogP contribution in [0, 0.1) is 0 Å². The number of amides is 2. The summed E-state index contributed by atoms with van der Waals surface area (Å²) in [6, 6.07) is 13.4. The average molecular weight is 651 g/mol. The van der Waals surface area contributed by atoms with E-state index in [0.717, 1.165) is 40.9 Å². The number of ether oxygens (including phenoxy) is 1. The van der Waals surface area contributed by atoms with Gasteiger partial charge in [0.2, 0.25) is 17.8 Å². The molecule has 3 aromatic heterocycles. The molecular weight excluding hydrogens is 612 g/mol. The number of aliphatic hydroxyl groups is 1. The average Bonchev–Trinajstić information content (AvgIpc) is 3.75. The number of aryl methyl sites for hydroxylation is 1. The number of rotatable bonds is 12. The zero-order valence-corrected chi connectivity index (χ0v) is 26.9. The summed E-state index contributed by atoms with van der Waals surface area (Å²) in [6.45, 7) is 6.55. The second-order valence-corrected chi connectivity index (χ2v) is 11.5. The summed E-state index contributed by atoms with van der Waals surface area (Å²) < 4.78 is 11.4. The van der Waals surface area contributed by atoms with Crippen molar-refractivity contribution in [1.29, 1.82) is 0 Å². The number of aliphatic hydroxyl groups excluding tert-OH is 1. The van der Waals surface area contributed by atoms with Crippen molar-refractivity contribution >= 4 is 45.8 Å². The smallest absolute Gasteiger partial charge is 0.247 e. The maximum Gasteiger partial charge on any atom is 0.247 e. The van der Waals surface area contributed by atoms with Crippen LogP contribution in [0.5, 0.6) is 5.75 Å². The summed E-state index contributed by atoms with van der Waals surface area (Å²) in [5, 5.41) is 19.6. The standard InChI is InChI=1S/C35H38N8O5/c1-4-32(46)38-26-19-27(30(47-3)20-28(26)43-14-10-24(11-15-43)37-21(2)45)40-35-36-13-9-25(39-35)34-33(41-31(42-34)6-5-16-44)23-8-7-22-12-17-48-29(22)18-23/h4,7-9,12-13,17-20,24,44H,1,5-6,10-11,14-16H2,2-3H3,(H,37,45)(H,38,46)(H,41,42)(H,36,39,40). The normalized spacial score (nSPS) is 13.4. The van der Waals surface area contributed by atoms with Crippen LogP contribution >= 0.6 is 0 Å². The molecule has 6 rings (SSSR count). The number of nitrogens with one attached hydrogen (secondary N) is 4. The number of piperidine rings is 1. The summed E-state index contributed by atoms with van der Waals surface area (Å²) in [4.78, 5) is 43.8. The van der Waals surface area contributed by atoms with E-state index in [1.54, 1.807) is 31.7 Å². The maximum atomic E-state index is 12.5. The Hall–Kier alpha value is -5.69. The molecule has 5 aromatic rings. The van der Waals surface area contributed by atoms with Crippen molar-refractivity contribution in [3.63, 3.8) is 0 Å². The van der Waals surface area contributed by atoms with Crippen molar-refractivity contribution in [3.05, 3.63) is 73.4 Å². The second-order valence-electron chi connectivity index (χ2n) is 11.5. The van der Waals surface area contributed by atoms with Crippen LogP contribution in [-0.4, -0.2) is 69.7 Å². The molecule has 0 bridgehead atoms. The first kappa shape index (κ1) is 32.3. The number of hydrogen-bond acceptors (Lipinski definition) is 10. The Kier molecular flexibility index (Phi) is 9.67. The lowest BCUT2D eigenvalue weighted by Gasteiger charge is -2.35. The summed E-state index contributed by atoms with van der Waals surface area (Å²) >= 11 is 0. The van der Waals surface area contributed by atoms with Crippen molar-refractivity contribution in [3.8, 4) is 28.4 Å². The molecule has 0 atom stereocenters. The number of anilines is 4. The van der Waals surface area contributed by atoms with E-state index in [2.05, 4.69) is 37.4 Å². The van der Waals surface area contributed by atoms with Gasteiger partial charge in [0.05, 0.1) is 47.5 Å². The molecule has 13 nitrogen and oxygen atoms in total. The molecule has 1 saturated heterocycles. The Morgan fingerprint density at radius 1 is 1.15 bits per heavy atom. The number of aromatic nitrogens is 4. The maximum absolute atomic E-state index is 12.5. The fraction of sp³-hybridized carbons (Fsp3) is 0.286. The highest BCUT2D eigenvalue weighted by atomic mass is 16.5. The zero-order chi connectivity index (χ0) is 33.6. The van der Waals surface area contributed by atoms with Crippen LogP contribution in [0.4, 0.5) is 23.0 Å². The third-order valence-electron chi connectivity index (χ3n) is 8.22. The lowest BCUT2D eigenvalue weighted by atomic mass is 10.0. The van der Waals surface area contributed by atoms with E-state index in [1.807, 2.05) is 30.3 Å². The number of imidazole rings is 1. The highest BCUT2D eigenvalue weighted by molar-refractivity contribution is 6.02. The third kappa shape index (κ3) is 7.15. The minimum atomic E-state index is -0.352. The molecule has 13 heteroatoms. The number of benzene rings is 2. The zero-order valence-electron chi connectivity index (χ0n) is 26.9. The molecule has 1 aliphatic heterocycles. The Morgan fingerprint density at radius 2 is 1.98 bits per heavy atom. The summed E-state index contributed by atoms with van der Waals surface area (Å²) in [6.07, 6.45) is 7.19. The van der Waals surface area contributed by atoms with Crippen LogP contribution in [0.15, 0.2) is 72.0 Å². The van der Waals surface area contributed by atoms with Crippen LogP contribution in [0.3, 0.4) is 0 Å². The number of hydrogen-bond donors (Lipinski definition) is 5. The number of fused-ring (bicyclic) bond motifs is 1. The van der Waals surface area contributed by atoms with Gasteiger partial charge >= 0.3 is 0 Å². The first-order valence-corrected chi connectivity index (χ1v) is 15.8. The van der Waals surface area contributed by atoms with Gasteiger partial charge in [-0.05, 0) is 49.6 Å². The van der Waals surface area contributed by atoms with Gasteiger partial charge in [0.15, 0.2) is 0 Å². The highest BCUT2D eigenvalue weighted by Gasteiger charge is 2.24. The molecule has 0 spiro atoms.